The van der Waals surface area contributed by atoms with Gasteiger partial charge in [-0.15, -0.1) is 0 Å². The molecule has 4 rings (SSSR count). The lowest BCUT2D eigenvalue weighted by Gasteiger charge is -2.37. The molecule has 0 bridgehead atoms. The van der Waals surface area contributed by atoms with Crippen LogP contribution in [0.4, 0.5) is 0 Å². The van der Waals surface area contributed by atoms with E-state index in [4.69, 9.17) is 9.47 Å². The molecule has 2 heterocycles. The SMILES string of the molecule is CCOC(=O)C1=C(C=O)C=C2NC=C3Oc4ccccc4C23C1C. The van der Waals surface area contributed by atoms with E-state index in [2.05, 4.69) is 5.32 Å². The zero-order valence-electron chi connectivity index (χ0n) is 13.5. The lowest BCUT2D eigenvalue weighted by molar-refractivity contribution is -0.139. The van der Waals surface area contributed by atoms with Gasteiger partial charge >= 0.3 is 5.97 Å². The van der Waals surface area contributed by atoms with Crippen LogP contribution in [0.1, 0.15) is 19.4 Å². The Morgan fingerprint density at radius 2 is 2.21 bits per heavy atom. The Hall–Kier alpha value is -2.82. The number of benzene rings is 1. The highest BCUT2D eigenvalue weighted by Gasteiger charge is 2.58. The molecule has 24 heavy (non-hydrogen) atoms. The summed E-state index contributed by atoms with van der Waals surface area (Å²) in [7, 11) is 0. The van der Waals surface area contributed by atoms with Crippen molar-refractivity contribution in [1.82, 2.24) is 5.32 Å². The van der Waals surface area contributed by atoms with Gasteiger partial charge in [-0.3, -0.25) is 4.79 Å². The fourth-order valence-electron chi connectivity index (χ4n) is 4.03. The van der Waals surface area contributed by atoms with Gasteiger partial charge in [0.25, 0.3) is 0 Å². The molecule has 0 saturated carbocycles. The van der Waals surface area contributed by atoms with Gasteiger partial charge in [-0.05, 0) is 19.1 Å². The topological polar surface area (TPSA) is 64.6 Å². The van der Waals surface area contributed by atoms with E-state index in [1.165, 1.54) is 0 Å². The molecular formula is C19H17NO4. The van der Waals surface area contributed by atoms with Crippen molar-refractivity contribution >= 4 is 12.3 Å². The number of nitrogens with one attached hydrogen (secondary N) is 1. The van der Waals surface area contributed by atoms with Gasteiger partial charge in [-0.1, -0.05) is 25.1 Å². The Morgan fingerprint density at radius 1 is 1.42 bits per heavy atom. The van der Waals surface area contributed by atoms with Crippen LogP contribution in [0.15, 0.2) is 59.1 Å². The molecule has 1 aromatic carbocycles. The van der Waals surface area contributed by atoms with Crippen LogP contribution in [0, 0.1) is 5.92 Å². The average molecular weight is 323 g/mol. The number of esters is 1. The van der Waals surface area contributed by atoms with Crippen LogP contribution >= 0.6 is 0 Å². The molecule has 0 radical (unpaired) electrons. The van der Waals surface area contributed by atoms with Gasteiger partial charge in [0.2, 0.25) is 0 Å². The first-order valence-electron chi connectivity index (χ1n) is 7.97. The van der Waals surface area contributed by atoms with E-state index in [9.17, 15) is 9.59 Å². The maximum atomic E-state index is 12.5. The molecule has 3 aliphatic rings. The van der Waals surface area contributed by atoms with Crippen LogP contribution in [0.25, 0.3) is 0 Å². The molecule has 5 nitrogen and oxygen atoms in total. The van der Waals surface area contributed by atoms with Crippen molar-refractivity contribution in [1.29, 1.82) is 0 Å². The number of para-hydroxylation sites is 1. The molecule has 5 heteroatoms. The minimum absolute atomic E-state index is 0.263. The van der Waals surface area contributed by atoms with Crippen molar-refractivity contribution in [3.63, 3.8) is 0 Å². The quantitative estimate of drug-likeness (QED) is 0.683. The van der Waals surface area contributed by atoms with E-state index in [-0.39, 0.29) is 12.5 Å². The van der Waals surface area contributed by atoms with E-state index in [0.29, 0.717) is 17.4 Å². The smallest absolute Gasteiger partial charge is 0.335 e. The number of carbonyl (C=O) groups is 2. The van der Waals surface area contributed by atoms with Crippen LogP contribution in [0.5, 0.6) is 5.75 Å². The Balaban J connectivity index is 1.94. The van der Waals surface area contributed by atoms with Crippen molar-refractivity contribution in [3.8, 4) is 5.75 Å². The molecule has 122 valence electrons. The summed E-state index contributed by atoms with van der Waals surface area (Å²) in [6, 6.07) is 7.78. The van der Waals surface area contributed by atoms with Gasteiger partial charge in [0.05, 0.1) is 12.2 Å². The number of carbonyl (C=O) groups excluding carboxylic acids is 2. The standard InChI is InChI=1S/C19H17NO4/c1-3-23-18(22)17-11(2)19-13-6-4-5-7-14(13)24-16(19)9-20-15(19)8-12(17)10-21/h4-11,20H,3H2,1-2H3. The maximum Gasteiger partial charge on any atom is 0.335 e. The van der Waals surface area contributed by atoms with Gasteiger partial charge < -0.3 is 14.8 Å². The van der Waals surface area contributed by atoms with Crippen LogP contribution in [-0.2, 0) is 19.7 Å². The third kappa shape index (κ3) is 1.64. The largest absolute Gasteiger partial charge is 0.463 e. The number of hydrogen-bond acceptors (Lipinski definition) is 5. The Bertz CT molecular complexity index is 849. The second-order valence-corrected chi connectivity index (χ2v) is 6.05. The molecule has 0 saturated heterocycles. The molecule has 0 amide bonds. The van der Waals surface area contributed by atoms with Gasteiger partial charge in [0.15, 0.2) is 6.29 Å². The normalized spacial score (nSPS) is 26.3. The minimum atomic E-state index is -0.606. The second kappa shape index (κ2) is 5.09. The number of rotatable bonds is 3. The molecule has 1 N–H and O–H groups in total. The van der Waals surface area contributed by atoms with Crippen LogP contribution in [-0.4, -0.2) is 18.9 Å². The predicted octanol–water partition coefficient (Wildman–Crippen LogP) is 2.35. The first-order chi connectivity index (χ1) is 11.6. The lowest BCUT2D eigenvalue weighted by atomic mass is 9.63. The highest BCUT2D eigenvalue weighted by Crippen LogP contribution is 2.59. The Kier molecular flexibility index (Phi) is 3.13. The maximum absolute atomic E-state index is 12.5. The average Bonchev–Trinajstić information content (AvgIpc) is 3.09. The Labute approximate surface area is 139 Å². The van der Waals surface area contributed by atoms with Crippen LogP contribution in [0.3, 0.4) is 0 Å². The number of fused-ring (bicyclic) bond motifs is 1. The lowest BCUT2D eigenvalue weighted by Crippen LogP contribution is -2.41. The summed E-state index contributed by atoms with van der Waals surface area (Å²) in [5, 5.41) is 3.21. The van der Waals surface area contributed by atoms with Gasteiger partial charge in [-0.25, -0.2) is 4.79 Å². The molecule has 1 spiro atoms. The number of hydrogen-bond donors (Lipinski definition) is 1. The zero-order chi connectivity index (χ0) is 16.9. The highest BCUT2D eigenvalue weighted by atomic mass is 16.5. The molecule has 2 unspecified atom stereocenters. The van der Waals surface area contributed by atoms with Crippen molar-refractivity contribution in [2.24, 2.45) is 5.92 Å². The van der Waals surface area contributed by atoms with Gasteiger partial charge in [-0.2, -0.15) is 0 Å². The van der Waals surface area contributed by atoms with E-state index < -0.39 is 11.4 Å². The predicted molar refractivity (Wildman–Crippen MR) is 86.9 cm³/mol. The van der Waals surface area contributed by atoms with Crippen LogP contribution < -0.4 is 10.1 Å². The first kappa shape index (κ1) is 14.8. The third-order valence-corrected chi connectivity index (χ3v) is 5.02. The monoisotopic (exact) mass is 323 g/mol. The zero-order valence-corrected chi connectivity index (χ0v) is 13.5. The second-order valence-electron chi connectivity index (χ2n) is 6.05. The summed E-state index contributed by atoms with van der Waals surface area (Å²) in [6.07, 6.45) is 4.25. The van der Waals surface area contributed by atoms with Crippen LogP contribution in [0.2, 0.25) is 0 Å². The van der Waals surface area contributed by atoms with E-state index in [1.54, 1.807) is 19.2 Å². The minimum Gasteiger partial charge on any atom is -0.463 e. The van der Waals surface area contributed by atoms with Crippen molar-refractivity contribution in [2.45, 2.75) is 19.3 Å². The van der Waals surface area contributed by atoms with E-state index in [1.807, 2.05) is 31.2 Å². The fraction of sp³-hybridized carbons (Fsp3) is 0.263. The summed E-state index contributed by atoms with van der Waals surface area (Å²) in [5.74, 6) is 0.781. The van der Waals surface area contributed by atoms with Crippen molar-refractivity contribution in [2.75, 3.05) is 6.61 Å². The van der Waals surface area contributed by atoms with Gasteiger partial charge in [0, 0.05) is 29.0 Å². The van der Waals surface area contributed by atoms with E-state index >= 15 is 0 Å². The molecule has 1 aromatic rings. The van der Waals surface area contributed by atoms with Gasteiger partial charge in [0.1, 0.15) is 16.9 Å². The van der Waals surface area contributed by atoms with Crippen molar-refractivity contribution in [3.05, 3.63) is 64.7 Å². The molecule has 1 aliphatic carbocycles. The summed E-state index contributed by atoms with van der Waals surface area (Å²) in [5.41, 5.74) is 1.99. The van der Waals surface area contributed by atoms with E-state index in [0.717, 1.165) is 22.8 Å². The summed E-state index contributed by atoms with van der Waals surface area (Å²) < 4.78 is 11.2. The first-order valence-corrected chi connectivity index (χ1v) is 7.97. The third-order valence-electron chi connectivity index (χ3n) is 5.02. The molecule has 0 fully saturated rings. The number of ether oxygens (including phenoxy) is 2. The number of allylic oxidation sites excluding steroid dienone is 2. The summed E-state index contributed by atoms with van der Waals surface area (Å²) in [6.45, 7) is 3.95. The molecule has 0 aromatic heterocycles. The number of aldehydes is 1. The van der Waals surface area contributed by atoms with Crippen molar-refractivity contribution < 1.29 is 19.1 Å². The molecule has 2 aliphatic heterocycles. The fourth-order valence-corrected chi connectivity index (χ4v) is 4.03. The summed E-state index contributed by atoms with van der Waals surface area (Å²) >= 11 is 0. The highest BCUT2D eigenvalue weighted by molar-refractivity contribution is 5.99. The summed E-state index contributed by atoms with van der Waals surface area (Å²) in [4.78, 5) is 24.1. The Morgan fingerprint density at radius 3 is 2.96 bits per heavy atom. The molecular weight excluding hydrogens is 306 g/mol. The molecule has 2 atom stereocenters.